The van der Waals surface area contributed by atoms with Crippen molar-refractivity contribution in [3.63, 3.8) is 0 Å². The van der Waals surface area contributed by atoms with Crippen LogP contribution in [-0.2, 0) is 0 Å². The quantitative estimate of drug-likeness (QED) is 0.592. The number of nitrogens with zero attached hydrogens (tertiary/aromatic N) is 1. The van der Waals surface area contributed by atoms with Crippen LogP contribution in [0.2, 0.25) is 0 Å². The van der Waals surface area contributed by atoms with Crippen LogP contribution in [0.4, 0.5) is 0 Å². The molecule has 2 aliphatic heterocycles. The molecule has 70 valence electrons. The molecule has 2 bridgehead atoms. The van der Waals surface area contributed by atoms with Gasteiger partial charge in [0.25, 0.3) is 0 Å². The molecule has 0 aliphatic carbocycles. The number of aliphatic hydroxyl groups excluding tert-OH is 1. The van der Waals surface area contributed by atoms with Crippen molar-refractivity contribution in [2.45, 2.75) is 56.7 Å². The highest BCUT2D eigenvalue weighted by Crippen LogP contribution is 2.40. The number of aliphatic hydroxyl groups is 1. The zero-order valence-electron chi connectivity index (χ0n) is 8.08. The van der Waals surface area contributed by atoms with Gasteiger partial charge in [-0.15, -0.1) is 0 Å². The Morgan fingerprint density at radius 1 is 1.50 bits per heavy atom. The third-order valence-corrected chi connectivity index (χ3v) is 3.87. The summed E-state index contributed by atoms with van der Waals surface area (Å²) in [5.74, 6) is 0. The van der Waals surface area contributed by atoms with E-state index in [0.717, 1.165) is 12.8 Å². The largest absolute Gasteiger partial charge is 0.393 e. The summed E-state index contributed by atoms with van der Waals surface area (Å²) in [6, 6.07) is 0.646. The Labute approximate surface area is 74.6 Å². The Bertz CT molecular complexity index is 183. The first kappa shape index (κ1) is 8.52. The second-order valence-electron chi connectivity index (χ2n) is 4.75. The molecule has 2 saturated heterocycles. The maximum absolute atomic E-state index is 9.67. The van der Waals surface area contributed by atoms with Crippen molar-refractivity contribution in [3.8, 4) is 0 Å². The Hall–Kier alpha value is -0.0800. The molecule has 3 atom stereocenters. The van der Waals surface area contributed by atoms with Crippen molar-refractivity contribution in [2.75, 3.05) is 7.05 Å². The molecule has 2 fully saturated rings. The van der Waals surface area contributed by atoms with E-state index >= 15 is 0 Å². The topological polar surface area (TPSA) is 23.5 Å². The van der Waals surface area contributed by atoms with Gasteiger partial charge in [0.2, 0.25) is 0 Å². The van der Waals surface area contributed by atoms with Gasteiger partial charge in [-0.25, -0.2) is 0 Å². The van der Waals surface area contributed by atoms with Gasteiger partial charge in [0.05, 0.1) is 6.10 Å². The normalized spacial score (nSPS) is 49.2. The lowest BCUT2D eigenvalue weighted by Crippen LogP contribution is -2.58. The highest BCUT2D eigenvalue weighted by molar-refractivity contribution is 4.99. The molecule has 0 aromatic heterocycles. The summed E-state index contributed by atoms with van der Waals surface area (Å²) in [5, 5.41) is 9.67. The zero-order chi connectivity index (χ0) is 8.77. The van der Waals surface area contributed by atoms with Crippen LogP contribution in [-0.4, -0.2) is 34.7 Å². The smallest absolute Gasteiger partial charge is 0.0572 e. The van der Waals surface area contributed by atoms with Gasteiger partial charge in [0.1, 0.15) is 0 Å². The van der Waals surface area contributed by atoms with Gasteiger partial charge >= 0.3 is 0 Å². The van der Waals surface area contributed by atoms with E-state index in [0.29, 0.717) is 11.6 Å². The van der Waals surface area contributed by atoms with E-state index in [1.807, 2.05) is 0 Å². The van der Waals surface area contributed by atoms with Gasteiger partial charge in [-0.1, -0.05) is 6.42 Å². The summed E-state index contributed by atoms with van der Waals surface area (Å²) >= 11 is 0. The molecule has 2 heterocycles. The summed E-state index contributed by atoms with van der Waals surface area (Å²) < 4.78 is 0. The Morgan fingerprint density at radius 2 is 2.25 bits per heavy atom. The first-order chi connectivity index (χ1) is 5.62. The molecule has 12 heavy (non-hydrogen) atoms. The number of piperidine rings is 2. The van der Waals surface area contributed by atoms with Gasteiger partial charge in [-0.3, -0.25) is 4.90 Å². The second kappa shape index (κ2) is 2.71. The zero-order valence-corrected chi connectivity index (χ0v) is 8.08. The lowest BCUT2D eigenvalue weighted by Gasteiger charge is -2.53. The molecule has 2 rings (SSSR count). The van der Waals surface area contributed by atoms with Gasteiger partial charge in [0, 0.05) is 11.6 Å². The summed E-state index contributed by atoms with van der Waals surface area (Å²) in [7, 11) is 2.22. The summed E-state index contributed by atoms with van der Waals surface area (Å²) in [6.45, 7) is 2.29. The van der Waals surface area contributed by atoms with Crippen molar-refractivity contribution >= 4 is 0 Å². The van der Waals surface area contributed by atoms with Crippen molar-refractivity contribution in [3.05, 3.63) is 0 Å². The van der Waals surface area contributed by atoms with Gasteiger partial charge < -0.3 is 5.11 Å². The number of hydrogen-bond acceptors (Lipinski definition) is 2. The van der Waals surface area contributed by atoms with Crippen LogP contribution in [0.25, 0.3) is 0 Å². The Morgan fingerprint density at radius 3 is 2.92 bits per heavy atom. The van der Waals surface area contributed by atoms with Crippen LogP contribution in [0, 0.1) is 0 Å². The second-order valence-corrected chi connectivity index (χ2v) is 4.75. The molecule has 3 unspecified atom stereocenters. The van der Waals surface area contributed by atoms with Crippen molar-refractivity contribution in [1.82, 2.24) is 4.90 Å². The van der Waals surface area contributed by atoms with Crippen molar-refractivity contribution in [2.24, 2.45) is 0 Å². The fourth-order valence-corrected chi connectivity index (χ4v) is 2.96. The molecule has 2 nitrogen and oxygen atoms in total. The van der Waals surface area contributed by atoms with Crippen LogP contribution in [0.5, 0.6) is 0 Å². The highest BCUT2D eigenvalue weighted by Gasteiger charge is 2.43. The van der Waals surface area contributed by atoms with Crippen LogP contribution < -0.4 is 0 Å². The van der Waals surface area contributed by atoms with Crippen LogP contribution in [0.3, 0.4) is 0 Å². The third kappa shape index (κ3) is 1.17. The third-order valence-electron chi connectivity index (χ3n) is 3.87. The Kier molecular flexibility index (Phi) is 1.92. The molecule has 1 N–H and O–H groups in total. The average Bonchev–Trinajstić information content (AvgIpc) is 1.95. The van der Waals surface area contributed by atoms with Gasteiger partial charge in [-0.05, 0) is 39.7 Å². The van der Waals surface area contributed by atoms with Crippen molar-refractivity contribution < 1.29 is 5.11 Å². The molecule has 0 saturated carbocycles. The van der Waals surface area contributed by atoms with E-state index < -0.39 is 0 Å². The average molecular weight is 169 g/mol. The number of fused-ring (bicyclic) bond motifs is 2. The predicted molar refractivity (Wildman–Crippen MR) is 49.0 cm³/mol. The Balaban J connectivity index is 2.18. The minimum absolute atomic E-state index is 0.0449. The molecule has 2 aliphatic rings. The molecule has 2 heteroatoms. The van der Waals surface area contributed by atoms with E-state index in [2.05, 4.69) is 18.9 Å². The van der Waals surface area contributed by atoms with E-state index in [9.17, 15) is 5.11 Å². The molecule has 0 spiro atoms. The molecular formula is C10H19NO. The summed E-state index contributed by atoms with van der Waals surface area (Å²) in [5.41, 5.74) is 0.292. The predicted octanol–water partition coefficient (Wildman–Crippen LogP) is 1.38. The lowest BCUT2D eigenvalue weighted by molar-refractivity contribution is -0.0631. The van der Waals surface area contributed by atoms with E-state index in [1.54, 1.807) is 0 Å². The van der Waals surface area contributed by atoms with E-state index in [-0.39, 0.29) is 6.10 Å². The first-order valence-corrected chi connectivity index (χ1v) is 5.03. The number of rotatable bonds is 0. The molecule has 0 radical (unpaired) electrons. The molecule has 0 aromatic carbocycles. The van der Waals surface area contributed by atoms with E-state index in [1.165, 1.54) is 19.3 Å². The van der Waals surface area contributed by atoms with Crippen LogP contribution >= 0.6 is 0 Å². The first-order valence-electron chi connectivity index (χ1n) is 5.03. The molecule has 0 amide bonds. The maximum Gasteiger partial charge on any atom is 0.0572 e. The van der Waals surface area contributed by atoms with E-state index in [4.69, 9.17) is 0 Å². The maximum atomic E-state index is 9.67. The minimum Gasteiger partial charge on any atom is -0.393 e. The minimum atomic E-state index is -0.0449. The monoisotopic (exact) mass is 169 g/mol. The van der Waals surface area contributed by atoms with Gasteiger partial charge in [0.15, 0.2) is 0 Å². The molecular weight excluding hydrogens is 150 g/mol. The fraction of sp³-hybridized carbons (Fsp3) is 1.00. The summed E-state index contributed by atoms with van der Waals surface area (Å²) in [4.78, 5) is 2.49. The highest BCUT2D eigenvalue weighted by atomic mass is 16.3. The SMILES string of the molecule is CN1C2CCCC1(C)CC(O)C2. The lowest BCUT2D eigenvalue weighted by atomic mass is 9.75. The van der Waals surface area contributed by atoms with Crippen molar-refractivity contribution in [1.29, 1.82) is 0 Å². The summed E-state index contributed by atoms with van der Waals surface area (Å²) in [6.07, 6.45) is 5.81. The standard InChI is InChI=1S/C10H19NO/c1-10-5-3-4-8(11(10)2)6-9(12)7-10/h8-9,12H,3-7H2,1-2H3. The fourth-order valence-electron chi connectivity index (χ4n) is 2.96. The number of hydrogen-bond donors (Lipinski definition) is 1. The molecule has 0 aromatic rings. The van der Waals surface area contributed by atoms with Crippen LogP contribution in [0.1, 0.15) is 39.0 Å². The van der Waals surface area contributed by atoms with Gasteiger partial charge in [-0.2, -0.15) is 0 Å². The van der Waals surface area contributed by atoms with Crippen LogP contribution in [0.15, 0.2) is 0 Å².